The first-order valence-electron chi connectivity index (χ1n) is 5.44. The number of halogens is 2. The lowest BCUT2D eigenvalue weighted by Gasteiger charge is -2.36. The zero-order chi connectivity index (χ0) is 13.1. The summed E-state index contributed by atoms with van der Waals surface area (Å²) in [5.41, 5.74) is 0. The summed E-state index contributed by atoms with van der Waals surface area (Å²) in [5.74, 6) is 0. The van der Waals surface area contributed by atoms with Crippen molar-refractivity contribution in [1.82, 2.24) is 13.7 Å². The maximum atomic E-state index is 14.7. The molecule has 98 valence electrons. The van der Waals surface area contributed by atoms with Gasteiger partial charge in [0.2, 0.25) is 0 Å². The molecule has 0 amide bonds. The van der Waals surface area contributed by atoms with Gasteiger partial charge in [-0.3, -0.25) is 17.3 Å². The molecule has 0 aliphatic rings. The molecular weight excluding hydrogens is 244 g/mol. The Labute approximate surface area is 101 Å². The third-order valence-corrected chi connectivity index (χ3v) is 10.4. The lowest BCUT2D eigenvalue weighted by atomic mass is 10.9. The predicted octanol–water partition coefficient (Wildman–Crippen LogP) is 1.62. The molecule has 0 spiro atoms. The summed E-state index contributed by atoms with van der Waals surface area (Å²) in [4.78, 5) is 0. The fourth-order valence-electron chi connectivity index (χ4n) is 1.46. The van der Waals surface area contributed by atoms with E-state index in [2.05, 4.69) is 0 Å². The highest BCUT2D eigenvalue weighted by molar-refractivity contribution is 6.73. The van der Waals surface area contributed by atoms with Gasteiger partial charge in [-0.15, -0.1) is 0 Å². The largest absolute Gasteiger partial charge is 0.400 e. The van der Waals surface area contributed by atoms with Crippen molar-refractivity contribution in [2.75, 3.05) is 42.3 Å². The average molecular weight is 269 g/mol. The van der Waals surface area contributed by atoms with Crippen molar-refractivity contribution in [2.24, 2.45) is 0 Å². The molecule has 0 rings (SSSR count). The molecular formula is C9H25F2N3Si2. The number of hydrogen-bond acceptors (Lipinski definition) is 3. The van der Waals surface area contributed by atoms with Crippen molar-refractivity contribution < 1.29 is 8.22 Å². The van der Waals surface area contributed by atoms with Crippen molar-refractivity contribution in [1.29, 1.82) is 0 Å². The third-order valence-electron chi connectivity index (χ3n) is 3.20. The van der Waals surface area contributed by atoms with E-state index >= 15 is 0 Å². The Balaban J connectivity index is 4.58. The summed E-state index contributed by atoms with van der Waals surface area (Å²) in [6, 6.07) is 0.670. The monoisotopic (exact) mass is 269 g/mol. The Morgan fingerprint density at radius 3 is 1.38 bits per heavy atom. The number of nitrogens with zero attached hydrogens (tertiary/aromatic N) is 3. The molecule has 7 heteroatoms. The normalized spacial score (nSPS) is 17.2. The van der Waals surface area contributed by atoms with Gasteiger partial charge in [0.1, 0.15) is 0 Å². The van der Waals surface area contributed by atoms with Crippen LogP contribution in [0.15, 0.2) is 0 Å². The standard InChI is InChI=1S/C9H25F2N3Si2/c1-12(2)15(7,10)8-9-16(11,13(3)4)14(5)6/h8-9H2,1-7H3. The summed E-state index contributed by atoms with van der Waals surface area (Å²) in [6.07, 6.45) is 0. The molecule has 0 fully saturated rings. The van der Waals surface area contributed by atoms with E-state index in [-0.39, 0.29) is 0 Å². The van der Waals surface area contributed by atoms with Gasteiger partial charge in [0.05, 0.1) is 0 Å². The van der Waals surface area contributed by atoms with E-state index in [0.717, 1.165) is 0 Å². The Kier molecular flexibility index (Phi) is 5.74. The SMILES string of the molecule is CN(C)[Si](C)(F)CC[Si](F)(N(C)C)N(C)C. The molecule has 1 atom stereocenters. The van der Waals surface area contributed by atoms with Crippen LogP contribution in [0.4, 0.5) is 8.22 Å². The van der Waals surface area contributed by atoms with Gasteiger partial charge < -0.3 is 4.57 Å². The van der Waals surface area contributed by atoms with Crippen LogP contribution >= 0.6 is 0 Å². The molecule has 1 unspecified atom stereocenters. The van der Waals surface area contributed by atoms with Crippen molar-refractivity contribution in [2.45, 2.75) is 18.6 Å². The highest BCUT2D eigenvalue weighted by atomic mass is 28.4. The van der Waals surface area contributed by atoms with Gasteiger partial charge in [0, 0.05) is 0 Å². The molecule has 0 aromatic rings. The minimum Gasteiger partial charge on any atom is -0.304 e. The molecule has 0 saturated heterocycles. The van der Waals surface area contributed by atoms with Crippen molar-refractivity contribution in [3.63, 3.8) is 0 Å². The van der Waals surface area contributed by atoms with Crippen LogP contribution in [0.5, 0.6) is 0 Å². The maximum Gasteiger partial charge on any atom is 0.400 e. The zero-order valence-electron chi connectivity index (χ0n) is 11.5. The van der Waals surface area contributed by atoms with Crippen molar-refractivity contribution in [3.8, 4) is 0 Å². The Hall–Kier alpha value is 0.174. The highest BCUT2D eigenvalue weighted by Crippen LogP contribution is 2.25. The lowest BCUT2D eigenvalue weighted by Crippen LogP contribution is -2.58. The van der Waals surface area contributed by atoms with E-state index in [1.807, 2.05) is 0 Å². The van der Waals surface area contributed by atoms with Gasteiger partial charge in [0.15, 0.2) is 0 Å². The quantitative estimate of drug-likeness (QED) is 0.536. The molecule has 0 N–H and O–H groups in total. The summed E-state index contributed by atoms with van der Waals surface area (Å²) in [7, 11) is 4.38. The van der Waals surface area contributed by atoms with E-state index in [9.17, 15) is 8.22 Å². The number of hydrogen-bond donors (Lipinski definition) is 0. The molecule has 3 nitrogen and oxygen atoms in total. The van der Waals surface area contributed by atoms with Crippen LogP contribution in [-0.4, -0.2) is 73.3 Å². The van der Waals surface area contributed by atoms with Gasteiger partial charge in [-0.25, -0.2) is 0 Å². The van der Waals surface area contributed by atoms with Crippen molar-refractivity contribution >= 4 is 17.3 Å². The van der Waals surface area contributed by atoms with Gasteiger partial charge in [0.25, 0.3) is 0 Å². The smallest absolute Gasteiger partial charge is 0.304 e. The predicted molar refractivity (Wildman–Crippen MR) is 70.3 cm³/mol. The zero-order valence-corrected chi connectivity index (χ0v) is 13.5. The first kappa shape index (κ1) is 16.2. The Bertz CT molecular complexity index is 215. The Morgan fingerprint density at radius 2 is 1.12 bits per heavy atom. The lowest BCUT2D eigenvalue weighted by molar-refractivity contribution is 0.398. The fraction of sp³-hybridized carbons (Fsp3) is 1.00. The first-order valence-corrected chi connectivity index (χ1v) is 9.95. The average Bonchev–Trinajstić information content (AvgIpc) is 2.13. The molecule has 16 heavy (non-hydrogen) atoms. The van der Waals surface area contributed by atoms with Crippen LogP contribution in [0.25, 0.3) is 0 Å². The third kappa shape index (κ3) is 3.88. The minimum absolute atomic E-state index is 0.324. The van der Waals surface area contributed by atoms with E-state index in [0.29, 0.717) is 12.1 Å². The van der Waals surface area contributed by atoms with Crippen LogP contribution in [0.3, 0.4) is 0 Å². The van der Waals surface area contributed by atoms with Gasteiger partial charge in [-0.1, -0.05) is 0 Å². The van der Waals surface area contributed by atoms with Gasteiger partial charge in [-0.05, 0) is 60.9 Å². The second kappa shape index (κ2) is 5.68. The van der Waals surface area contributed by atoms with Crippen LogP contribution in [0.2, 0.25) is 18.6 Å². The van der Waals surface area contributed by atoms with E-state index in [1.54, 1.807) is 62.5 Å². The summed E-state index contributed by atoms with van der Waals surface area (Å²) in [6.45, 7) is 1.63. The van der Waals surface area contributed by atoms with E-state index < -0.39 is 17.3 Å². The van der Waals surface area contributed by atoms with E-state index in [4.69, 9.17) is 0 Å². The molecule has 0 aromatic heterocycles. The molecule has 0 aliphatic heterocycles. The van der Waals surface area contributed by atoms with Crippen molar-refractivity contribution in [3.05, 3.63) is 0 Å². The minimum atomic E-state index is -3.13. The Morgan fingerprint density at radius 1 is 0.750 bits per heavy atom. The second-order valence-corrected chi connectivity index (χ2v) is 12.5. The molecule has 0 aromatic carbocycles. The molecule has 0 saturated carbocycles. The molecule has 0 aliphatic carbocycles. The maximum absolute atomic E-state index is 14.7. The molecule has 0 heterocycles. The summed E-state index contributed by atoms with van der Waals surface area (Å²) >= 11 is 0. The molecule has 0 radical (unpaired) electrons. The van der Waals surface area contributed by atoms with Crippen LogP contribution < -0.4 is 0 Å². The summed E-state index contributed by atoms with van der Waals surface area (Å²) < 4.78 is 33.7. The fourth-order valence-corrected chi connectivity index (χ4v) is 6.70. The van der Waals surface area contributed by atoms with E-state index in [1.165, 1.54) is 0 Å². The first-order chi connectivity index (χ1) is 7.04. The summed E-state index contributed by atoms with van der Waals surface area (Å²) in [5, 5.41) is 0. The second-order valence-electron chi connectivity index (χ2n) is 5.04. The van der Waals surface area contributed by atoms with Crippen LogP contribution in [0, 0.1) is 0 Å². The van der Waals surface area contributed by atoms with Crippen LogP contribution in [0.1, 0.15) is 0 Å². The highest BCUT2D eigenvalue weighted by Gasteiger charge is 2.44. The molecule has 0 bridgehead atoms. The topological polar surface area (TPSA) is 9.72 Å². The van der Waals surface area contributed by atoms with Crippen LogP contribution in [-0.2, 0) is 0 Å². The number of rotatable bonds is 6. The van der Waals surface area contributed by atoms with Gasteiger partial charge in [-0.2, -0.15) is 0 Å². The van der Waals surface area contributed by atoms with Gasteiger partial charge >= 0.3 is 17.3 Å².